The van der Waals surface area contributed by atoms with E-state index in [4.69, 9.17) is 10.5 Å². The first-order chi connectivity index (χ1) is 8.16. The van der Waals surface area contributed by atoms with Crippen molar-refractivity contribution in [3.63, 3.8) is 0 Å². The van der Waals surface area contributed by atoms with E-state index in [9.17, 15) is 9.18 Å². The van der Waals surface area contributed by atoms with Gasteiger partial charge in [-0.1, -0.05) is 0 Å². The lowest BCUT2D eigenvalue weighted by Gasteiger charge is -2.26. The highest BCUT2D eigenvalue weighted by Crippen LogP contribution is 2.17. The van der Waals surface area contributed by atoms with Crippen molar-refractivity contribution < 1.29 is 13.9 Å². The van der Waals surface area contributed by atoms with Crippen LogP contribution in [0.1, 0.15) is 0 Å². The second-order valence-corrected chi connectivity index (χ2v) is 3.63. The molecule has 0 aliphatic carbocycles. The van der Waals surface area contributed by atoms with Crippen LogP contribution in [0.2, 0.25) is 0 Å². The Hall–Kier alpha value is -1.89. The maximum absolute atomic E-state index is 13.3. The Morgan fingerprint density at radius 2 is 2.18 bits per heavy atom. The third-order valence-electron chi connectivity index (χ3n) is 2.41. The molecule has 92 valence electrons. The molecule has 0 radical (unpaired) electrons. The summed E-state index contributed by atoms with van der Waals surface area (Å²) in [5.41, 5.74) is 5.29. The SMILES string of the molecule is Nc1ccc(OC(=O)N2CCNCC2)c(F)n1. The topological polar surface area (TPSA) is 80.5 Å². The lowest BCUT2D eigenvalue weighted by atomic mass is 10.4. The summed E-state index contributed by atoms with van der Waals surface area (Å²) in [6.07, 6.45) is -0.572. The molecule has 6 nitrogen and oxygen atoms in total. The van der Waals surface area contributed by atoms with Gasteiger partial charge in [-0.15, -0.1) is 0 Å². The number of halogens is 1. The lowest BCUT2D eigenvalue weighted by Crippen LogP contribution is -2.47. The van der Waals surface area contributed by atoms with Crippen LogP contribution in [0.15, 0.2) is 12.1 Å². The van der Waals surface area contributed by atoms with Gasteiger partial charge in [0.2, 0.25) is 0 Å². The van der Waals surface area contributed by atoms with Crippen LogP contribution in [-0.4, -0.2) is 42.2 Å². The van der Waals surface area contributed by atoms with Crippen molar-refractivity contribution in [3.8, 4) is 5.75 Å². The van der Waals surface area contributed by atoms with E-state index in [0.717, 1.165) is 0 Å². The van der Waals surface area contributed by atoms with E-state index in [2.05, 4.69) is 10.3 Å². The number of piperazine rings is 1. The number of hydrogen-bond acceptors (Lipinski definition) is 5. The molecule has 0 spiro atoms. The zero-order chi connectivity index (χ0) is 12.3. The first-order valence-electron chi connectivity index (χ1n) is 5.26. The Kier molecular flexibility index (Phi) is 3.38. The molecular formula is C10H13FN4O2. The molecule has 2 heterocycles. The van der Waals surface area contributed by atoms with E-state index in [-0.39, 0.29) is 11.6 Å². The van der Waals surface area contributed by atoms with Crippen molar-refractivity contribution in [2.45, 2.75) is 0 Å². The van der Waals surface area contributed by atoms with Gasteiger partial charge in [-0.3, -0.25) is 0 Å². The van der Waals surface area contributed by atoms with Crippen LogP contribution in [-0.2, 0) is 0 Å². The molecule has 0 aromatic carbocycles. The van der Waals surface area contributed by atoms with Crippen LogP contribution in [0.25, 0.3) is 0 Å². The van der Waals surface area contributed by atoms with Gasteiger partial charge in [0.05, 0.1) is 0 Å². The molecular weight excluding hydrogens is 227 g/mol. The number of amides is 1. The third-order valence-corrected chi connectivity index (χ3v) is 2.41. The van der Waals surface area contributed by atoms with Gasteiger partial charge in [0.1, 0.15) is 5.82 Å². The van der Waals surface area contributed by atoms with Crippen molar-refractivity contribution in [3.05, 3.63) is 18.1 Å². The van der Waals surface area contributed by atoms with Gasteiger partial charge in [-0.05, 0) is 12.1 Å². The van der Waals surface area contributed by atoms with Crippen molar-refractivity contribution in [2.75, 3.05) is 31.9 Å². The van der Waals surface area contributed by atoms with Crippen LogP contribution in [0.3, 0.4) is 0 Å². The van der Waals surface area contributed by atoms with E-state index in [1.807, 2.05) is 0 Å². The highest BCUT2D eigenvalue weighted by molar-refractivity contribution is 5.70. The number of nitrogens with one attached hydrogen (secondary N) is 1. The normalized spacial score (nSPS) is 15.7. The van der Waals surface area contributed by atoms with Crippen LogP contribution in [0.5, 0.6) is 5.75 Å². The largest absolute Gasteiger partial charge is 0.415 e. The highest BCUT2D eigenvalue weighted by atomic mass is 19.1. The van der Waals surface area contributed by atoms with Crippen LogP contribution < -0.4 is 15.8 Å². The predicted octanol–water partition coefficient (Wildman–Crippen LogP) is 0.207. The Balaban J connectivity index is 2.02. The van der Waals surface area contributed by atoms with Gasteiger partial charge in [-0.25, -0.2) is 4.79 Å². The Morgan fingerprint density at radius 1 is 1.47 bits per heavy atom. The fourth-order valence-electron chi connectivity index (χ4n) is 1.52. The molecule has 1 aliphatic rings. The number of carbonyl (C=O) groups excluding carboxylic acids is 1. The molecule has 1 aromatic rings. The smallest absolute Gasteiger partial charge is 0.405 e. The van der Waals surface area contributed by atoms with E-state index in [0.29, 0.717) is 26.2 Å². The molecule has 1 aliphatic heterocycles. The molecule has 0 saturated carbocycles. The van der Waals surface area contributed by atoms with Crippen molar-refractivity contribution in [1.82, 2.24) is 15.2 Å². The average molecular weight is 240 g/mol. The molecule has 17 heavy (non-hydrogen) atoms. The summed E-state index contributed by atoms with van der Waals surface area (Å²) in [5.74, 6) is -1.04. The van der Waals surface area contributed by atoms with Crippen LogP contribution >= 0.6 is 0 Å². The molecule has 3 N–H and O–H groups in total. The van der Waals surface area contributed by atoms with Crippen molar-refractivity contribution in [2.24, 2.45) is 0 Å². The first kappa shape index (κ1) is 11.6. The number of ether oxygens (including phenoxy) is 1. The second kappa shape index (κ2) is 4.96. The fraction of sp³-hybridized carbons (Fsp3) is 0.400. The van der Waals surface area contributed by atoms with Gasteiger partial charge in [0.15, 0.2) is 5.75 Å². The minimum absolute atomic E-state index is 0.0458. The maximum Gasteiger partial charge on any atom is 0.415 e. The Bertz CT molecular complexity index is 421. The van der Waals surface area contributed by atoms with Gasteiger partial charge in [0.25, 0.3) is 5.95 Å². The molecule has 7 heteroatoms. The number of carbonyl (C=O) groups is 1. The first-order valence-corrected chi connectivity index (χ1v) is 5.26. The fourth-order valence-corrected chi connectivity index (χ4v) is 1.52. The number of hydrogen-bond donors (Lipinski definition) is 2. The molecule has 2 rings (SSSR count). The molecule has 0 bridgehead atoms. The molecule has 1 aromatic heterocycles. The van der Waals surface area contributed by atoms with Gasteiger partial charge >= 0.3 is 6.09 Å². The minimum Gasteiger partial charge on any atom is -0.405 e. The van der Waals surface area contributed by atoms with E-state index in [1.54, 1.807) is 0 Å². The Labute approximate surface area is 97.6 Å². The summed E-state index contributed by atoms with van der Waals surface area (Å²) in [7, 11) is 0. The van der Waals surface area contributed by atoms with Gasteiger partial charge in [-0.2, -0.15) is 9.37 Å². The number of aromatic nitrogens is 1. The minimum atomic E-state index is -0.881. The quantitative estimate of drug-likeness (QED) is 0.686. The van der Waals surface area contributed by atoms with Gasteiger partial charge in [0, 0.05) is 26.2 Å². The summed E-state index contributed by atoms with van der Waals surface area (Å²) >= 11 is 0. The summed E-state index contributed by atoms with van der Waals surface area (Å²) in [4.78, 5) is 16.5. The summed E-state index contributed by atoms with van der Waals surface area (Å²) in [6, 6.07) is 2.67. The van der Waals surface area contributed by atoms with Crippen LogP contribution in [0.4, 0.5) is 15.0 Å². The number of pyridine rings is 1. The molecule has 1 amide bonds. The highest BCUT2D eigenvalue weighted by Gasteiger charge is 2.19. The maximum atomic E-state index is 13.3. The molecule has 0 unspecified atom stereocenters. The number of rotatable bonds is 1. The number of nitrogens with zero attached hydrogens (tertiary/aromatic N) is 2. The zero-order valence-electron chi connectivity index (χ0n) is 9.15. The van der Waals surface area contributed by atoms with Crippen LogP contribution in [0, 0.1) is 5.95 Å². The van der Waals surface area contributed by atoms with Crippen molar-refractivity contribution in [1.29, 1.82) is 0 Å². The molecule has 1 saturated heterocycles. The zero-order valence-corrected chi connectivity index (χ0v) is 9.15. The molecule has 0 atom stereocenters. The Morgan fingerprint density at radius 3 is 2.82 bits per heavy atom. The van der Waals surface area contributed by atoms with E-state index in [1.165, 1.54) is 17.0 Å². The average Bonchev–Trinajstić information content (AvgIpc) is 2.34. The number of anilines is 1. The third kappa shape index (κ3) is 2.82. The standard InChI is InChI=1S/C10H13FN4O2/c11-9-7(1-2-8(12)14-9)17-10(16)15-5-3-13-4-6-15/h1-2,13H,3-6H2,(H2,12,14). The summed E-state index contributed by atoms with van der Waals surface area (Å²) in [6.45, 7) is 2.50. The summed E-state index contributed by atoms with van der Waals surface area (Å²) < 4.78 is 18.2. The van der Waals surface area contributed by atoms with Gasteiger partial charge < -0.3 is 20.7 Å². The van der Waals surface area contributed by atoms with Crippen molar-refractivity contribution >= 4 is 11.9 Å². The van der Waals surface area contributed by atoms with E-state index >= 15 is 0 Å². The number of nitrogens with two attached hydrogens (primary N) is 1. The lowest BCUT2D eigenvalue weighted by molar-refractivity contribution is 0.143. The summed E-state index contributed by atoms with van der Waals surface area (Å²) in [5, 5.41) is 3.10. The predicted molar refractivity (Wildman–Crippen MR) is 59.1 cm³/mol. The van der Waals surface area contributed by atoms with E-state index < -0.39 is 12.0 Å². The second-order valence-electron chi connectivity index (χ2n) is 3.63. The number of nitrogen functional groups attached to an aromatic ring is 1. The monoisotopic (exact) mass is 240 g/mol. The molecule has 1 fully saturated rings.